The number of pyridine rings is 1. The average molecular weight is 335 g/mol. The highest BCUT2D eigenvalue weighted by Gasteiger charge is 2.07. The highest BCUT2D eigenvalue weighted by atomic mass is 32.1. The number of hydrogen-bond donors (Lipinski definition) is 1. The van der Waals surface area contributed by atoms with Crippen molar-refractivity contribution in [1.29, 1.82) is 0 Å². The molecule has 1 aromatic carbocycles. The quantitative estimate of drug-likeness (QED) is 0.610. The van der Waals surface area contributed by atoms with Crippen molar-refractivity contribution in [3.63, 3.8) is 0 Å². The summed E-state index contributed by atoms with van der Waals surface area (Å²) < 4.78 is 6.32. The van der Waals surface area contributed by atoms with Crippen molar-refractivity contribution in [3.05, 3.63) is 55.2 Å². The van der Waals surface area contributed by atoms with Crippen molar-refractivity contribution in [3.8, 4) is 16.9 Å². The van der Waals surface area contributed by atoms with E-state index in [1.807, 2.05) is 24.4 Å². The molecule has 0 saturated carbocycles. The lowest BCUT2D eigenvalue weighted by Crippen LogP contribution is -1.92. The molecule has 4 aromatic rings. The first-order chi connectivity index (χ1) is 11.8. The van der Waals surface area contributed by atoms with Crippen LogP contribution in [0.2, 0.25) is 0 Å². The van der Waals surface area contributed by atoms with Gasteiger partial charge in [0.1, 0.15) is 5.75 Å². The molecule has 0 saturated heterocycles. The lowest BCUT2D eigenvalue weighted by molar-refractivity contribution is 0.413. The molecule has 0 bridgehead atoms. The average Bonchev–Trinajstić information content (AvgIpc) is 3.04. The van der Waals surface area contributed by atoms with E-state index in [-0.39, 0.29) is 0 Å². The fourth-order valence-electron chi connectivity index (χ4n) is 2.32. The van der Waals surface area contributed by atoms with Crippen molar-refractivity contribution >= 4 is 32.5 Å². The van der Waals surface area contributed by atoms with Crippen LogP contribution in [0.15, 0.2) is 55.2 Å². The van der Waals surface area contributed by atoms with Gasteiger partial charge in [0.15, 0.2) is 10.9 Å². The minimum Gasteiger partial charge on any atom is -0.495 e. The third-order valence-corrected chi connectivity index (χ3v) is 4.40. The van der Waals surface area contributed by atoms with E-state index in [0.29, 0.717) is 5.82 Å². The van der Waals surface area contributed by atoms with Crippen molar-refractivity contribution in [1.82, 2.24) is 19.9 Å². The van der Waals surface area contributed by atoms with Gasteiger partial charge in [-0.3, -0.25) is 9.97 Å². The Balaban J connectivity index is 1.68. The monoisotopic (exact) mass is 335 g/mol. The highest BCUT2D eigenvalue weighted by molar-refractivity contribution is 7.22. The molecule has 3 aromatic heterocycles. The van der Waals surface area contributed by atoms with Gasteiger partial charge in [-0.25, -0.2) is 9.97 Å². The number of aromatic nitrogens is 4. The van der Waals surface area contributed by atoms with Crippen molar-refractivity contribution < 1.29 is 4.74 Å². The second-order valence-corrected chi connectivity index (χ2v) is 6.06. The first-order valence-corrected chi connectivity index (χ1v) is 8.06. The molecule has 0 amide bonds. The summed E-state index contributed by atoms with van der Waals surface area (Å²) in [5.41, 5.74) is 3.02. The molecule has 7 heteroatoms. The molecule has 0 aliphatic heterocycles. The molecule has 6 nitrogen and oxygen atoms in total. The first kappa shape index (κ1) is 14.5. The summed E-state index contributed by atoms with van der Waals surface area (Å²) in [6, 6.07) is 8.10. The summed E-state index contributed by atoms with van der Waals surface area (Å²) in [4.78, 5) is 17.0. The number of fused-ring (bicyclic) bond motifs is 1. The number of rotatable bonds is 4. The number of nitrogens with zero attached hydrogens (tertiary/aromatic N) is 4. The molecule has 0 radical (unpaired) electrons. The van der Waals surface area contributed by atoms with E-state index in [1.54, 1.807) is 43.2 Å². The van der Waals surface area contributed by atoms with Gasteiger partial charge in [-0.15, -0.1) is 0 Å². The number of benzene rings is 1. The van der Waals surface area contributed by atoms with Crippen LogP contribution in [0.5, 0.6) is 5.75 Å². The van der Waals surface area contributed by atoms with Gasteiger partial charge in [-0.2, -0.15) is 0 Å². The van der Waals surface area contributed by atoms with Crippen molar-refractivity contribution in [2.75, 3.05) is 12.4 Å². The summed E-state index contributed by atoms with van der Waals surface area (Å²) in [7, 11) is 1.64. The Bertz CT molecular complexity index is 987. The van der Waals surface area contributed by atoms with Gasteiger partial charge in [0.2, 0.25) is 0 Å². The number of ether oxygens (including phenoxy) is 1. The van der Waals surface area contributed by atoms with E-state index in [0.717, 1.165) is 32.2 Å². The lowest BCUT2D eigenvalue weighted by atomic mass is 10.1. The summed E-state index contributed by atoms with van der Waals surface area (Å²) in [5, 5.41) is 3.96. The van der Waals surface area contributed by atoms with Gasteiger partial charge in [-0.1, -0.05) is 17.4 Å². The molecule has 0 atom stereocenters. The Morgan fingerprint density at radius 1 is 1.00 bits per heavy atom. The number of nitrogens with one attached hydrogen (secondary N) is 1. The van der Waals surface area contributed by atoms with E-state index < -0.39 is 0 Å². The van der Waals surface area contributed by atoms with Crippen LogP contribution in [0.25, 0.3) is 21.3 Å². The number of methoxy groups -OCH3 is 1. The predicted molar refractivity (Wildman–Crippen MR) is 94.7 cm³/mol. The second kappa shape index (κ2) is 6.21. The van der Waals surface area contributed by atoms with Gasteiger partial charge < -0.3 is 10.1 Å². The fraction of sp³-hybridized carbons (Fsp3) is 0.0588. The molecular weight excluding hydrogens is 322 g/mol. The van der Waals surface area contributed by atoms with Crippen LogP contribution in [0, 0.1) is 0 Å². The Hall–Kier alpha value is -3.06. The highest BCUT2D eigenvalue weighted by Crippen LogP contribution is 2.32. The standard InChI is InChI=1S/C17H13N5OS/c1-23-13-6-12(8-19-9-13)11-2-3-14-15(7-11)24-17(21-14)22-16-10-18-4-5-20-16/h2-10H,1H3,(H,20,21,22). The number of thiazole rings is 1. The van der Waals surface area contributed by atoms with E-state index >= 15 is 0 Å². The topological polar surface area (TPSA) is 72.8 Å². The maximum atomic E-state index is 5.24. The van der Waals surface area contributed by atoms with Crippen LogP contribution in [-0.4, -0.2) is 27.0 Å². The molecule has 118 valence electrons. The number of anilines is 2. The van der Waals surface area contributed by atoms with E-state index in [1.165, 1.54) is 0 Å². The van der Waals surface area contributed by atoms with Crippen LogP contribution in [-0.2, 0) is 0 Å². The molecule has 4 rings (SSSR count). The van der Waals surface area contributed by atoms with Crippen molar-refractivity contribution in [2.45, 2.75) is 0 Å². The summed E-state index contributed by atoms with van der Waals surface area (Å²) in [6.45, 7) is 0. The molecule has 0 aliphatic carbocycles. The lowest BCUT2D eigenvalue weighted by Gasteiger charge is -2.03. The third kappa shape index (κ3) is 2.89. The largest absolute Gasteiger partial charge is 0.495 e. The molecule has 0 spiro atoms. The van der Waals surface area contributed by atoms with E-state index in [9.17, 15) is 0 Å². The predicted octanol–water partition coefficient (Wildman–Crippen LogP) is 3.90. The third-order valence-electron chi connectivity index (χ3n) is 3.47. The van der Waals surface area contributed by atoms with Crippen LogP contribution < -0.4 is 10.1 Å². The Morgan fingerprint density at radius 3 is 2.79 bits per heavy atom. The molecule has 1 N–H and O–H groups in total. The summed E-state index contributed by atoms with van der Waals surface area (Å²) in [6.07, 6.45) is 8.46. The molecule has 0 aliphatic rings. The van der Waals surface area contributed by atoms with Gasteiger partial charge in [0.05, 0.1) is 29.7 Å². The van der Waals surface area contributed by atoms with Gasteiger partial charge >= 0.3 is 0 Å². The Morgan fingerprint density at radius 2 is 1.96 bits per heavy atom. The van der Waals surface area contributed by atoms with Crippen LogP contribution in [0.3, 0.4) is 0 Å². The van der Waals surface area contributed by atoms with Crippen molar-refractivity contribution in [2.24, 2.45) is 0 Å². The molecule has 0 fully saturated rings. The summed E-state index contributed by atoms with van der Waals surface area (Å²) >= 11 is 1.57. The normalized spacial score (nSPS) is 10.7. The fourth-order valence-corrected chi connectivity index (χ4v) is 3.23. The maximum absolute atomic E-state index is 5.24. The van der Waals surface area contributed by atoms with Gasteiger partial charge in [0.25, 0.3) is 0 Å². The zero-order chi connectivity index (χ0) is 16.4. The molecular formula is C17H13N5OS. The van der Waals surface area contributed by atoms with E-state index in [4.69, 9.17) is 4.74 Å². The Kier molecular flexibility index (Phi) is 3.76. The molecule has 24 heavy (non-hydrogen) atoms. The minimum absolute atomic E-state index is 0.675. The smallest absolute Gasteiger partial charge is 0.189 e. The van der Waals surface area contributed by atoms with Gasteiger partial charge in [0, 0.05) is 24.2 Å². The maximum Gasteiger partial charge on any atom is 0.189 e. The molecule has 3 heterocycles. The second-order valence-electron chi connectivity index (χ2n) is 5.03. The first-order valence-electron chi connectivity index (χ1n) is 7.25. The summed E-state index contributed by atoms with van der Waals surface area (Å²) in [5.74, 6) is 1.41. The van der Waals surface area contributed by atoms with E-state index in [2.05, 4.69) is 31.3 Å². The van der Waals surface area contributed by atoms with Crippen LogP contribution in [0.1, 0.15) is 0 Å². The van der Waals surface area contributed by atoms with Crippen LogP contribution >= 0.6 is 11.3 Å². The number of hydrogen-bond acceptors (Lipinski definition) is 7. The Labute approximate surface area is 142 Å². The minimum atomic E-state index is 0.675. The zero-order valence-electron chi connectivity index (χ0n) is 12.8. The molecule has 0 unspecified atom stereocenters. The van der Waals surface area contributed by atoms with Gasteiger partial charge in [-0.05, 0) is 23.8 Å². The van der Waals surface area contributed by atoms with Crippen LogP contribution in [0.4, 0.5) is 10.9 Å². The zero-order valence-corrected chi connectivity index (χ0v) is 13.6. The SMILES string of the molecule is COc1cncc(-c2ccc3nc(Nc4cnccn4)sc3c2)c1.